The Labute approximate surface area is 189 Å². The lowest BCUT2D eigenvalue weighted by Gasteiger charge is -2.09. The van der Waals surface area contributed by atoms with Crippen LogP contribution in [0.2, 0.25) is 15.1 Å². The van der Waals surface area contributed by atoms with Gasteiger partial charge in [0.25, 0.3) is 10.0 Å². The molecule has 154 valence electrons. The van der Waals surface area contributed by atoms with Gasteiger partial charge in [0, 0.05) is 26.8 Å². The normalized spacial score (nSPS) is 11.4. The van der Waals surface area contributed by atoms with E-state index in [2.05, 4.69) is 10.0 Å². The molecule has 5 nitrogen and oxygen atoms in total. The van der Waals surface area contributed by atoms with Crippen LogP contribution < -0.4 is 10.0 Å². The minimum Gasteiger partial charge on any atom is -0.323 e. The maximum atomic E-state index is 12.5. The molecule has 1 amide bonds. The van der Waals surface area contributed by atoms with Gasteiger partial charge in [-0.1, -0.05) is 46.9 Å². The maximum absolute atomic E-state index is 12.5. The van der Waals surface area contributed by atoms with Crippen molar-refractivity contribution in [3.8, 4) is 0 Å². The van der Waals surface area contributed by atoms with Crippen LogP contribution in [0.25, 0.3) is 6.08 Å². The zero-order valence-corrected chi connectivity index (χ0v) is 18.4. The Morgan fingerprint density at radius 1 is 0.833 bits per heavy atom. The highest BCUT2D eigenvalue weighted by molar-refractivity contribution is 7.92. The molecule has 9 heteroatoms. The van der Waals surface area contributed by atoms with E-state index >= 15 is 0 Å². The maximum Gasteiger partial charge on any atom is 0.261 e. The van der Waals surface area contributed by atoms with E-state index in [-0.39, 0.29) is 4.90 Å². The third-order valence-corrected chi connectivity index (χ3v) is 6.08. The molecule has 0 unspecified atom stereocenters. The average molecular weight is 482 g/mol. The first-order valence-corrected chi connectivity index (χ1v) is 11.2. The number of rotatable bonds is 6. The fourth-order valence-corrected chi connectivity index (χ4v) is 4.18. The Balaban J connectivity index is 1.66. The molecule has 0 bridgehead atoms. The van der Waals surface area contributed by atoms with E-state index in [0.717, 1.165) is 0 Å². The molecule has 0 fully saturated rings. The number of anilines is 2. The summed E-state index contributed by atoms with van der Waals surface area (Å²) in [7, 11) is -3.79. The van der Waals surface area contributed by atoms with Crippen molar-refractivity contribution in [3.63, 3.8) is 0 Å². The summed E-state index contributed by atoms with van der Waals surface area (Å²) < 4.78 is 27.4. The van der Waals surface area contributed by atoms with E-state index in [0.29, 0.717) is 32.0 Å². The molecule has 3 aromatic rings. The second-order valence-electron chi connectivity index (χ2n) is 6.13. The predicted octanol–water partition coefficient (Wildman–Crippen LogP) is 6.10. The van der Waals surface area contributed by atoms with Gasteiger partial charge in [-0.3, -0.25) is 9.52 Å². The molecule has 0 radical (unpaired) electrons. The molecule has 0 aliphatic carbocycles. The van der Waals surface area contributed by atoms with Gasteiger partial charge in [-0.2, -0.15) is 0 Å². The lowest BCUT2D eigenvalue weighted by Crippen LogP contribution is -2.13. The van der Waals surface area contributed by atoms with Crippen molar-refractivity contribution >= 4 is 68.2 Å². The van der Waals surface area contributed by atoms with Crippen molar-refractivity contribution in [1.29, 1.82) is 0 Å². The molecule has 2 N–H and O–H groups in total. The van der Waals surface area contributed by atoms with Gasteiger partial charge in [-0.05, 0) is 66.2 Å². The van der Waals surface area contributed by atoms with Gasteiger partial charge in [0.1, 0.15) is 0 Å². The zero-order valence-electron chi connectivity index (χ0n) is 15.3. The van der Waals surface area contributed by atoms with Gasteiger partial charge >= 0.3 is 0 Å². The topological polar surface area (TPSA) is 75.3 Å². The second kappa shape index (κ2) is 9.53. The first-order valence-electron chi connectivity index (χ1n) is 8.55. The molecule has 0 aliphatic rings. The van der Waals surface area contributed by atoms with Crippen LogP contribution in [0.4, 0.5) is 11.4 Å². The van der Waals surface area contributed by atoms with Gasteiger partial charge < -0.3 is 5.32 Å². The van der Waals surface area contributed by atoms with E-state index in [1.165, 1.54) is 36.4 Å². The zero-order chi connectivity index (χ0) is 21.7. The molecule has 0 heterocycles. The van der Waals surface area contributed by atoms with E-state index < -0.39 is 15.9 Å². The molecule has 30 heavy (non-hydrogen) atoms. The number of benzene rings is 3. The molecule has 0 spiro atoms. The SMILES string of the molecule is O=C(/C=C/c1ccc(Cl)cc1Cl)Nc1ccc(S(=O)(=O)Nc2cccc(Cl)c2)cc1. The minimum absolute atomic E-state index is 0.0453. The second-order valence-corrected chi connectivity index (χ2v) is 9.09. The molecular weight excluding hydrogens is 467 g/mol. The minimum atomic E-state index is -3.79. The fourth-order valence-electron chi connectivity index (χ4n) is 2.47. The highest BCUT2D eigenvalue weighted by Gasteiger charge is 2.14. The van der Waals surface area contributed by atoms with Gasteiger partial charge in [-0.25, -0.2) is 8.42 Å². The third-order valence-electron chi connectivity index (χ3n) is 3.89. The number of hydrogen-bond acceptors (Lipinski definition) is 3. The van der Waals surface area contributed by atoms with Crippen molar-refractivity contribution in [2.75, 3.05) is 10.0 Å². The molecule has 0 saturated heterocycles. The molecule has 3 aromatic carbocycles. The van der Waals surface area contributed by atoms with Crippen LogP contribution in [0.3, 0.4) is 0 Å². The summed E-state index contributed by atoms with van der Waals surface area (Å²) in [6, 6.07) is 17.1. The van der Waals surface area contributed by atoms with Crippen molar-refractivity contribution in [1.82, 2.24) is 0 Å². The first kappa shape index (κ1) is 22.2. The van der Waals surface area contributed by atoms with Crippen LogP contribution in [0.5, 0.6) is 0 Å². The molecule has 0 aromatic heterocycles. The number of halogens is 3. The van der Waals surface area contributed by atoms with Crippen LogP contribution in [0.15, 0.2) is 77.7 Å². The number of carbonyl (C=O) groups excluding carboxylic acids is 1. The van der Waals surface area contributed by atoms with Crippen LogP contribution in [-0.4, -0.2) is 14.3 Å². The predicted molar refractivity (Wildman–Crippen MR) is 123 cm³/mol. The van der Waals surface area contributed by atoms with Crippen LogP contribution >= 0.6 is 34.8 Å². The summed E-state index contributed by atoms with van der Waals surface area (Å²) in [6.45, 7) is 0. The lowest BCUT2D eigenvalue weighted by atomic mass is 10.2. The summed E-state index contributed by atoms with van der Waals surface area (Å²) in [5.74, 6) is -0.395. The Hall–Kier alpha value is -2.51. The van der Waals surface area contributed by atoms with Gasteiger partial charge in [0.2, 0.25) is 5.91 Å². The Morgan fingerprint density at radius 3 is 2.20 bits per heavy atom. The van der Waals surface area contributed by atoms with Gasteiger partial charge in [0.15, 0.2) is 0 Å². The van der Waals surface area contributed by atoms with Crippen LogP contribution in [0.1, 0.15) is 5.56 Å². The number of sulfonamides is 1. The largest absolute Gasteiger partial charge is 0.323 e. The van der Waals surface area contributed by atoms with E-state index in [1.807, 2.05) is 0 Å². The summed E-state index contributed by atoms with van der Waals surface area (Å²) in [6.07, 6.45) is 2.88. The Bertz CT molecular complexity index is 1210. The van der Waals surface area contributed by atoms with Crippen molar-refractivity contribution < 1.29 is 13.2 Å². The van der Waals surface area contributed by atoms with Crippen LogP contribution in [-0.2, 0) is 14.8 Å². The van der Waals surface area contributed by atoms with Crippen molar-refractivity contribution in [3.05, 3.63) is 93.4 Å². The van der Waals surface area contributed by atoms with E-state index in [1.54, 1.807) is 42.5 Å². The summed E-state index contributed by atoms with van der Waals surface area (Å²) >= 11 is 17.8. The van der Waals surface area contributed by atoms with Crippen molar-refractivity contribution in [2.24, 2.45) is 0 Å². The summed E-state index contributed by atoms with van der Waals surface area (Å²) in [4.78, 5) is 12.2. The quantitative estimate of drug-likeness (QED) is 0.418. The fraction of sp³-hybridized carbons (Fsp3) is 0. The summed E-state index contributed by atoms with van der Waals surface area (Å²) in [5.41, 5.74) is 1.43. The molecule has 0 saturated carbocycles. The Kier molecular flexibility index (Phi) is 7.05. The number of amides is 1. The molecule has 0 aliphatic heterocycles. The highest BCUT2D eigenvalue weighted by Crippen LogP contribution is 2.23. The van der Waals surface area contributed by atoms with Crippen LogP contribution in [0, 0.1) is 0 Å². The third kappa shape index (κ3) is 6.00. The van der Waals surface area contributed by atoms with Crippen molar-refractivity contribution in [2.45, 2.75) is 4.90 Å². The first-order chi connectivity index (χ1) is 14.2. The lowest BCUT2D eigenvalue weighted by molar-refractivity contribution is -0.111. The molecule has 3 rings (SSSR count). The van der Waals surface area contributed by atoms with E-state index in [4.69, 9.17) is 34.8 Å². The highest BCUT2D eigenvalue weighted by atomic mass is 35.5. The number of nitrogens with one attached hydrogen (secondary N) is 2. The van der Waals surface area contributed by atoms with E-state index in [9.17, 15) is 13.2 Å². The number of carbonyl (C=O) groups is 1. The standard InChI is InChI=1S/C21H15Cl3N2O3S/c22-15-2-1-3-18(12-15)26-30(28,29)19-9-7-17(8-10-19)25-21(27)11-5-14-4-6-16(23)13-20(14)24/h1-13,26H,(H,25,27)/b11-5+. The monoisotopic (exact) mass is 480 g/mol. The number of hydrogen-bond donors (Lipinski definition) is 2. The average Bonchev–Trinajstić information content (AvgIpc) is 2.67. The summed E-state index contributed by atoms with van der Waals surface area (Å²) in [5, 5.41) is 3.99. The smallest absolute Gasteiger partial charge is 0.261 e. The van der Waals surface area contributed by atoms with Gasteiger partial charge in [0.05, 0.1) is 10.6 Å². The molecule has 0 atom stereocenters. The Morgan fingerprint density at radius 2 is 1.53 bits per heavy atom. The molecular formula is C21H15Cl3N2O3S. The van der Waals surface area contributed by atoms with Gasteiger partial charge in [-0.15, -0.1) is 0 Å².